The molecule has 1 fully saturated rings. The molecule has 154 valence electrons. The van der Waals surface area contributed by atoms with Gasteiger partial charge in [-0.1, -0.05) is 30.3 Å². The minimum atomic E-state index is -3.17. The van der Waals surface area contributed by atoms with Crippen LogP contribution in [0.4, 0.5) is 0 Å². The van der Waals surface area contributed by atoms with Crippen LogP contribution in [0.1, 0.15) is 25.3 Å². The lowest BCUT2D eigenvalue weighted by Crippen LogP contribution is -2.44. The van der Waals surface area contributed by atoms with Gasteiger partial charge in [0.15, 0.2) is 25.6 Å². The van der Waals surface area contributed by atoms with E-state index >= 15 is 0 Å². The number of rotatable bonds is 8. The van der Waals surface area contributed by atoms with Gasteiger partial charge in [0.2, 0.25) is 0 Å². The van der Waals surface area contributed by atoms with Crippen molar-refractivity contribution < 1.29 is 16.8 Å². The molecule has 0 aliphatic carbocycles. The van der Waals surface area contributed by atoms with E-state index in [0.717, 1.165) is 5.56 Å². The predicted molar refractivity (Wildman–Crippen MR) is 120 cm³/mol. The summed E-state index contributed by atoms with van der Waals surface area (Å²) < 4.78 is 47.4. The van der Waals surface area contributed by atoms with Crippen LogP contribution >= 0.6 is 24.0 Å². The molecule has 1 aromatic rings. The third-order valence-electron chi connectivity index (χ3n) is 4.03. The fourth-order valence-corrected chi connectivity index (χ4v) is 5.88. The molecule has 10 heteroatoms. The quantitative estimate of drug-likeness (QED) is 0.228. The summed E-state index contributed by atoms with van der Waals surface area (Å²) in [6.45, 7) is 2.94. The van der Waals surface area contributed by atoms with Crippen LogP contribution in [0.15, 0.2) is 35.3 Å². The standard InChI is InChI=1S/C17H27N3O4S2.HI/c1-2-18-17(20-16-9-12-26(23,24)14-16)19-10-6-11-25(21,22)13-15-7-4-3-5-8-15;/h3-5,7-8,16H,2,6,9-14H2,1H3,(H2,18,19,20);1H. The zero-order chi connectivity index (χ0) is 19.0. The molecule has 0 bridgehead atoms. The number of halogens is 1. The van der Waals surface area contributed by atoms with Crippen LogP contribution < -0.4 is 10.6 Å². The number of nitrogens with zero attached hydrogens (tertiary/aromatic N) is 1. The first-order valence-corrected chi connectivity index (χ1v) is 12.4. The van der Waals surface area contributed by atoms with Crippen LogP contribution in [0.25, 0.3) is 0 Å². The van der Waals surface area contributed by atoms with Crippen molar-refractivity contribution >= 4 is 49.6 Å². The first-order valence-electron chi connectivity index (χ1n) is 8.79. The Morgan fingerprint density at radius 2 is 1.96 bits per heavy atom. The Kier molecular flexibility index (Phi) is 10.0. The van der Waals surface area contributed by atoms with Crippen molar-refractivity contribution in [3.05, 3.63) is 35.9 Å². The summed E-state index contributed by atoms with van der Waals surface area (Å²) in [6.07, 6.45) is 0.993. The van der Waals surface area contributed by atoms with Crippen LogP contribution in [-0.2, 0) is 25.4 Å². The Morgan fingerprint density at radius 3 is 2.56 bits per heavy atom. The summed E-state index contributed by atoms with van der Waals surface area (Å²) in [7, 11) is -6.13. The molecule has 0 spiro atoms. The van der Waals surface area contributed by atoms with E-state index in [2.05, 4.69) is 15.6 Å². The summed E-state index contributed by atoms with van der Waals surface area (Å²) in [5.74, 6) is 0.957. The highest BCUT2D eigenvalue weighted by atomic mass is 127. The van der Waals surface area contributed by atoms with E-state index in [1.165, 1.54) is 0 Å². The van der Waals surface area contributed by atoms with Crippen molar-refractivity contribution in [2.24, 2.45) is 4.99 Å². The van der Waals surface area contributed by atoms with E-state index in [9.17, 15) is 16.8 Å². The number of hydrogen-bond donors (Lipinski definition) is 2. The van der Waals surface area contributed by atoms with Crippen molar-refractivity contribution in [2.45, 2.75) is 31.6 Å². The number of hydrogen-bond acceptors (Lipinski definition) is 5. The van der Waals surface area contributed by atoms with E-state index in [1.54, 1.807) is 12.1 Å². The highest BCUT2D eigenvalue weighted by molar-refractivity contribution is 14.0. The molecule has 1 unspecified atom stereocenters. The van der Waals surface area contributed by atoms with Crippen LogP contribution in [0, 0.1) is 0 Å². The lowest BCUT2D eigenvalue weighted by molar-refractivity contribution is 0.591. The number of guanidine groups is 1. The topological polar surface area (TPSA) is 105 Å². The van der Waals surface area contributed by atoms with Gasteiger partial charge in [0.25, 0.3) is 0 Å². The van der Waals surface area contributed by atoms with E-state index in [0.29, 0.717) is 31.9 Å². The van der Waals surface area contributed by atoms with Gasteiger partial charge in [0.1, 0.15) is 0 Å². The van der Waals surface area contributed by atoms with Crippen molar-refractivity contribution in [1.82, 2.24) is 10.6 Å². The fraction of sp³-hybridized carbons (Fsp3) is 0.588. The van der Waals surface area contributed by atoms with Gasteiger partial charge in [-0.2, -0.15) is 0 Å². The Balaban J connectivity index is 0.00000364. The number of benzene rings is 1. The largest absolute Gasteiger partial charge is 0.357 e. The molecule has 2 rings (SSSR count). The Hall–Kier alpha value is -0.880. The summed E-state index contributed by atoms with van der Waals surface area (Å²) in [5.41, 5.74) is 0.786. The highest BCUT2D eigenvalue weighted by Crippen LogP contribution is 2.11. The summed E-state index contributed by atoms with van der Waals surface area (Å²) in [5, 5.41) is 6.19. The summed E-state index contributed by atoms with van der Waals surface area (Å²) in [6, 6.07) is 8.98. The Bertz CT molecular complexity index is 812. The molecule has 7 nitrogen and oxygen atoms in total. The van der Waals surface area contributed by atoms with Crippen molar-refractivity contribution in [3.63, 3.8) is 0 Å². The minimum Gasteiger partial charge on any atom is -0.357 e. The molecule has 1 aromatic carbocycles. The van der Waals surface area contributed by atoms with Crippen molar-refractivity contribution in [3.8, 4) is 0 Å². The van der Waals surface area contributed by atoms with Gasteiger partial charge in [0.05, 0.1) is 23.0 Å². The molecule has 2 N–H and O–H groups in total. The third-order valence-corrected chi connectivity index (χ3v) is 7.48. The molecular formula is C17H28IN3O4S2. The van der Waals surface area contributed by atoms with Gasteiger partial charge in [-0.05, 0) is 25.3 Å². The molecule has 0 radical (unpaired) electrons. The lowest BCUT2D eigenvalue weighted by atomic mass is 10.2. The summed E-state index contributed by atoms with van der Waals surface area (Å²) >= 11 is 0. The summed E-state index contributed by atoms with van der Waals surface area (Å²) in [4.78, 5) is 4.37. The first-order chi connectivity index (χ1) is 12.3. The molecule has 0 amide bonds. The van der Waals surface area contributed by atoms with Crippen LogP contribution in [0.3, 0.4) is 0 Å². The van der Waals surface area contributed by atoms with Crippen LogP contribution in [0.2, 0.25) is 0 Å². The zero-order valence-corrected chi connectivity index (χ0v) is 19.4. The second-order valence-corrected chi connectivity index (χ2v) is 10.8. The fourth-order valence-electron chi connectivity index (χ4n) is 2.80. The van der Waals surface area contributed by atoms with Gasteiger partial charge in [-0.15, -0.1) is 24.0 Å². The van der Waals surface area contributed by atoms with Gasteiger partial charge in [0, 0.05) is 19.1 Å². The van der Waals surface area contributed by atoms with Gasteiger partial charge in [-0.25, -0.2) is 16.8 Å². The zero-order valence-electron chi connectivity index (χ0n) is 15.4. The van der Waals surface area contributed by atoms with Crippen LogP contribution in [-0.4, -0.2) is 59.2 Å². The van der Waals surface area contributed by atoms with E-state index in [-0.39, 0.29) is 53.0 Å². The lowest BCUT2D eigenvalue weighted by Gasteiger charge is -2.15. The minimum absolute atomic E-state index is 0. The van der Waals surface area contributed by atoms with E-state index in [4.69, 9.17) is 0 Å². The molecule has 1 aliphatic rings. The molecule has 0 aromatic heterocycles. The molecule has 27 heavy (non-hydrogen) atoms. The molecule has 0 saturated carbocycles. The first kappa shape index (κ1) is 24.2. The van der Waals surface area contributed by atoms with Gasteiger partial charge >= 0.3 is 0 Å². The van der Waals surface area contributed by atoms with Crippen molar-refractivity contribution in [2.75, 3.05) is 30.3 Å². The molecule has 1 atom stereocenters. The molecular weight excluding hydrogens is 501 g/mol. The highest BCUT2D eigenvalue weighted by Gasteiger charge is 2.28. The number of aliphatic imine (C=N–C) groups is 1. The maximum atomic E-state index is 12.2. The maximum Gasteiger partial charge on any atom is 0.191 e. The second-order valence-electron chi connectivity index (χ2n) is 6.44. The van der Waals surface area contributed by atoms with Gasteiger partial charge < -0.3 is 10.6 Å². The number of nitrogens with one attached hydrogen (secondary N) is 2. The average molecular weight is 529 g/mol. The van der Waals surface area contributed by atoms with Crippen molar-refractivity contribution in [1.29, 1.82) is 0 Å². The molecule has 1 saturated heterocycles. The monoisotopic (exact) mass is 529 g/mol. The molecule has 1 aliphatic heterocycles. The normalized spacial score (nSPS) is 19.3. The van der Waals surface area contributed by atoms with Crippen LogP contribution in [0.5, 0.6) is 0 Å². The maximum absolute atomic E-state index is 12.2. The SMILES string of the molecule is CCNC(=NCCCS(=O)(=O)Cc1ccccc1)NC1CCS(=O)(=O)C1.I. The Morgan fingerprint density at radius 1 is 1.26 bits per heavy atom. The van der Waals surface area contributed by atoms with E-state index in [1.807, 2.05) is 25.1 Å². The third kappa shape index (κ3) is 9.24. The van der Waals surface area contributed by atoms with E-state index < -0.39 is 19.7 Å². The predicted octanol–water partition coefficient (Wildman–Crippen LogP) is 1.35. The second kappa shape index (κ2) is 11.2. The average Bonchev–Trinajstić information content (AvgIpc) is 2.91. The number of sulfone groups is 2. The molecule has 1 heterocycles. The van der Waals surface area contributed by atoms with Gasteiger partial charge in [-0.3, -0.25) is 4.99 Å². The Labute approximate surface area is 179 Å². The smallest absolute Gasteiger partial charge is 0.191 e.